The highest BCUT2D eigenvalue weighted by atomic mass is 32.2. The monoisotopic (exact) mass is 485 g/mol. The topological polar surface area (TPSA) is 86.8 Å². The number of likely N-dealkylation sites (N-methyl/N-ethyl adjacent to an activating group) is 1. The Labute approximate surface area is 203 Å². The second-order valence-corrected chi connectivity index (χ2v) is 11.1. The van der Waals surface area contributed by atoms with Crippen molar-refractivity contribution in [1.82, 2.24) is 14.5 Å². The smallest absolute Gasteiger partial charge is 0.243 e. The lowest BCUT2D eigenvalue weighted by Crippen LogP contribution is -2.53. The molecule has 0 radical (unpaired) electrons. The van der Waals surface area contributed by atoms with Gasteiger partial charge in [0.1, 0.15) is 6.04 Å². The van der Waals surface area contributed by atoms with E-state index in [2.05, 4.69) is 5.32 Å². The summed E-state index contributed by atoms with van der Waals surface area (Å²) in [6, 6.07) is 15.7. The number of carbonyl (C=O) groups is 2. The van der Waals surface area contributed by atoms with Gasteiger partial charge in [0.25, 0.3) is 0 Å². The number of hydrogen-bond acceptors (Lipinski definition) is 4. The molecule has 2 amide bonds. The quantitative estimate of drug-likeness (QED) is 0.560. The Balaban J connectivity index is 1.74. The van der Waals surface area contributed by atoms with Crippen molar-refractivity contribution in [2.24, 2.45) is 0 Å². The third kappa shape index (κ3) is 6.67. The summed E-state index contributed by atoms with van der Waals surface area (Å²) in [7, 11) is -2.44. The maximum atomic E-state index is 13.3. The predicted octanol–water partition coefficient (Wildman–Crippen LogP) is 3.13. The summed E-state index contributed by atoms with van der Waals surface area (Å²) in [6.45, 7) is 3.57. The van der Waals surface area contributed by atoms with Crippen molar-refractivity contribution in [1.29, 1.82) is 0 Å². The first-order valence-electron chi connectivity index (χ1n) is 11.9. The molecule has 2 aromatic carbocycles. The van der Waals surface area contributed by atoms with Crippen LogP contribution in [0.2, 0.25) is 0 Å². The predicted molar refractivity (Wildman–Crippen MR) is 133 cm³/mol. The Hall–Kier alpha value is -2.71. The summed E-state index contributed by atoms with van der Waals surface area (Å²) in [4.78, 5) is 27.9. The number of amides is 2. The molecule has 184 valence electrons. The van der Waals surface area contributed by atoms with E-state index >= 15 is 0 Å². The van der Waals surface area contributed by atoms with Crippen molar-refractivity contribution < 1.29 is 18.0 Å². The Morgan fingerprint density at radius 1 is 1.03 bits per heavy atom. The Morgan fingerprint density at radius 2 is 1.65 bits per heavy atom. The van der Waals surface area contributed by atoms with Crippen molar-refractivity contribution in [3.8, 4) is 0 Å². The van der Waals surface area contributed by atoms with E-state index in [9.17, 15) is 18.0 Å². The Bertz CT molecular complexity index is 1060. The van der Waals surface area contributed by atoms with Crippen molar-refractivity contribution >= 4 is 21.8 Å². The van der Waals surface area contributed by atoms with Gasteiger partial charge in [-0.05, 0) is 50.8 Å². The van der Waals surface area contributed by atoms with Gasteiger partial charge in [0, 0.05) is 19.6 Å². The van der Waals surface area contributed by atoms with E-state index in [1.54, 1.807) is 19.1 Å². The van der Waals surface area contributed by atoms with Crippen molar-refractivity contribution in [2.75, 3.05) is 20.1 Å². The Morgan fingerprint density at radius 3 is 2.26 bits per heavy atom. The van der Waals surface area contributed by atoms with Gasteiger partial charge in [-0.25, -0.2) is 8.42 Å². The van der Waals surface area contributed by atoms with Crippen LogP contribution in [0.3, 0.4) is 0 Å². The molecule has 2 aromatic rings. The van der Waals surface area contributed by atoms with Crippen molar-refractivity contribution in [3.63, 3.8) is 0 Å². The summed E-state index contributed by atoms with van der Waals surface area (Å²) in [5, 5.41) is 3.06. The fraction of sp³-hybridized carbons (Fsp3) is 0.462. The minimum absolute atomic E-state index is 0.135. The zero-order valence-electron chi connectivity index (χ0n) is 20.2. The van der Waals surface area contributed by atoms with Crippen LogP contribution in [0, 0.1) is 6.92 Å². The first kappa shape index (κ1) is 25.9. The summed E-state index contributed by atoms with van der Waals surface area (Å²) in [5.41, 5.74) is 2.00. The van der Waals surface area contributed by atoms with Gasteiger partial charge in [-0.15, -0.1) is 0 Å². The number of carbonyl (C=O) groups excluding carboxylic acids is 2. The van der Waals surface area contributed by atoms with E-state index in [0.717, 1.165) is 41.1 Å². The number of sulfonamides is 1. The van der Waals surface area contributed by atoms with Crippen LogP contribution in [0.25, 0.3) is 0 Å². The van der Waals surface area contributed by atoms with Crippen molar-refractivity contribution in [3.05, 3.63) is 65.7 Å². The summed E-state index contributed by atoms with van der Waals surface area (Å²) < 4.78 is 27.0. The standard InChI is InChI=1S/C26H35N3O4S/c1-20-13-15-24(16-14-20)34(32,33)28(3)19-25(30)29(18-17-22-9-5-4-6-10-22)21(2)26(31)27-23-11-7-8-12-23/h4-6,9-10,13-16,21,23H,7-8,11-12,17-19H2,1-3H3,(H,27,31)/t21-/m0/s1. The van der Waals surface area contributed by atoms with E-state index in [0.29, 0.717) is 13.0 Å². The van der Waals surface area contributed by atoms with Gasteiger partial charge >= 0.3 is 0 Å². The maximum Gasteiger partial charge on any atom is 0.243 e. The minimum atomic E-state index is -3.83. The molecule has 1 N–H and O–H groups in total. The van der Waals surface area contributed by atoms with Crippen LogP contribution in [0.5, 0.6) is 0 Å². The lowest BCUT2D eigenvalue weighted by Gasteiger charge is -2.31. The highest BCUT2D eigenvalue weighted by molar-refractivity contribution is 7.89. The molecule has 34 heavy (non-hydrogen) atoms. The molecule has 8 heteroatoms. The first-order valence-corrected chi connectivity index (χ1v) is 13.3. The number of nitrogens with one attached hydrogen (secondary N) is 1. The lowest BCUT2D eigenvalue weighted by atomic mass is 10.1. The molecule has 1 fully saturated rings. The molecule has 1 atom stereocenters. The van der Waals surface area contributed by atoms with Gasteiger partial charge in [0.15, 0.2) is 0 Å². The van der Waals surface area contributed by atoms with E-state index in [1.165, 1.54) is 24.1 Å². The molecule has 0 spiro atoms. The molecule has 7 nitrogen and oxygen atoms in total. The SMILES string of the molecule is Cc1ccc(S(=O)(=O)N(C)CC(=O)N(CCc2ccccc2)[C@@H](C)C(=O)NC2CCCC2)cc1. The van der Waals surface area contributed by atoms with Crippen LogP contribution in [0.1, 0.15) is 43.7 Å². The third-order valence-electron chi connectivity index (χ3n) is 6.44. The number of rotatable bonds is 10. The first-order chi connectivity index (χ1) is 16.2. The minimum Gasteiger partial charge on any atom is -0.352 e. The summed E-state index contributed by atoms with van der Waals surface area (Å²) in [6.07, 6.45) is 4.67. The second kappa shape index (κ2) is 11.6. The maximum absolute atomic E-state index is 13.3. The third-order valence-corrected chi connectivity index (χ3v) is 8.26. The molecule has 0 heterocycles. The van der Waals surface area contributed by atoms with E-state index in [-0.39, 0.29) is 23.4 Å². The summed E-state index contributed by atoms with van der Waals surface area (Å²) >= 11 is 0. The molecule has 1 aliphatic carbocycles. The Kier molecular flexibility index (Phi) is 8.85. The number of nitrogens with zero attached hydrogens (tertiary/aromatic N) is 2. The fourth-order valence-corrected chi connectivity index (χ4v) is 5.34. The van der Waals surface area contributed by atoms with Crippen LogP contribution in [-0.4, -0.2) is 61.7 Å². The molecule has 0 bridgehead atoms. The van der Waals surface area contributed by atoms with E-state index < -0.39 is 22.0 Å². The molecular weight excluding hydrogens is 450 g/mol. The molecule has 0 aliphatic heterocycles. The zero-order chi connectivity index (χ0) is 24.7. The average molecular weight is 486 g/mol. The number of aryl methyl sites for hydroxylation is 1. The van der Waals surface area contributed by atoms with Gasteiger partial charge < -0.3 is 10.2 Å². The van der Waals surface area contributed by atoms with Gasteiger partial charge in [-0.1, -0.05) is 60.9 Å². The lowest BCUT2D eigenvalue weighted by molar-refractivity contribution is -0.140. The second-order valence-electron chi connectivity index (χ2n) is 9.06. The van der Waals surface area contributed by atoms with Gasteiger partial charge in [-0.2, -0.15) is 4.31 Å². The van der Waals surface area contributed by atoms with Crippen LogP contribution in [0.15, 0.2) is 59.5 Å². The molecule has 1 aliphatic rings. The van der Waals surface area contributed by atoms with Gasteiger partial charge in [0.2, 0.25) is 21.8 Å². The van der Waals surface area contributed by atoms with Crippen LogP contribution >= 0.6 is 0 Å². The highest BCUT2D eigenvalue weighted by Crippen LogP contribution is 2.19. The summed E-state index contributed by atoms with van der Waals surface area (Å²) in [5.74, 6) is -0.597. The number of benzene rings is 2. The zero-order valence-corrected chi connectivity index (χ0v) is 21.1. The largest absolute Gasteiger partial charge is 0.352 e. The van der Waals surface area contributed by atoms with Gasteiger partial charge in [-0.3, -0.25) is 9.59 Å². The number of hydrogen-bond donors (Lipinski definition) is 1. The van der Waals surface area contributed by atoms with Crippen LogP contribution < -0.4 is 5.32 Å². The van der Waals surface area contributed by atoms with E-state index in [4.69, 9.17) is 0 Å². The van der Waals surface area contributed by atoms with Crippen LogP contribution in [-0.2, 0) is 26.0 Å². The molecule has 0 saturated heterocycles. The normalized spacial score (nSPS) is 15.3. The average Bonchev–Trinajstić information content (AvgIpc) is 3.33. The molecule has 0 aromatic heterocycles. The molecule has 0 unspecified atom stereocenters. The molecule has 1 saturated carbocycles. The fourth-order valence-electron chi connectivity index (χ4n) is 4.22. The molecular formula is C26H35N3O4S. The van der Waals surface area contributed by atoms with Crippen LogP contribution in [0.4, 0.5) is 0 Å². The van der Waals surface area contributed by atoms with E-state index in [1.807, 2.05) is 37.3 Å². The van der Waals surface area contributed by atoms with Gasteiger partial charge in [0.05, 0.1) is 11.4 Å². The molecule has 3 rings (SSSR count). The van der Waals surface area contributed by atoms with Crippen molar-refractivity contribution in [2.45, 2.75) is 62.9 Å². The highest BCUT2D eigenvalue weighted by Gasteiger charge is 2.31.